The van der Waals surface area contributed by atoms with Gasteiger partial charge in [-0.3, -0.25) is 0 Å². The Morgan fingerprint density at radius 1 is 0.526 bits per heavy atom. The monoisotopic (exact) mass is 296 g/mol. The summed E-state index contributed by atoms with van der Waals surface area (Å²) in [5.41, 5.74) is 2.39. The Morgan fingerprint density at radius 2 is 0.947 bits per heavy atom. The Kier molecular flexibility index (Phi) is 3.96. The molecule has 2 aliphatic heterocycles. The topological polar surface area (TPSA) is 0 Å². The average molecular weight is 296 g/mol. The van der Waals surface area contributed by atoms with Crippen molar-refractivity contribution >= 4 is 17.2 Å². The van der Waals surface area contributed by atoms with Gasteiger partial charge in [0.15, 0.2) is 0 Å². The molecule has 0 aromatic heterocycles. The molecule has 0 amide bonds. The van der Waals surface area contributed by atoms with Crippen molar-refractivity contribution in [3.8, 4) is 0 Å². The molecule has 4 fully saturated rings. The van der Waals surface area contributed by atoms with E-state index in [9.17, 15) is 0 Å². The molecule has 19 heavy (non-hydrogen) atoms. The van der Waals surface area contributed by atoms with Crippen LogP contribution in [0.5, 0.6) is 0 Å². The Hall–Kier alpha value is 0.860. The van der Waals surface area contributed by atoms with E-state index in [1.165, 1.54) is 53.2 Å². The van der Waals surface area contributed by atoms with Gasteiger partial charge in [-0.2, -0.15) is 0 Å². The van der Waals surface area contributed by atoms with Crippen molar-refractivity contribution < 1.29 is 0 Å². The summed E-state index contributed by atoms with van der Waals surface area (Å²) in [6.45, 7) is 0. The van der Waals surface area contributed by atoms with E-state index in [-0.39, 0.29) is 0 Å². The highest BCUT2D eigenvalue weighted by Crippen LogP contribution is 2.81. The molecule has 108 valence electrons. The predicted octanol–water partition coefficient (Wildman–Crippen LogP) is 5.74. The second kappa shape index (κ2) is 5.57. The maximum Gasteiger partial charge on any atom is 0.0123 e. The normalized spacial score (nSPS) is 53.1. The summed E-state index contributed by atoms with van der Waals surface area (Å²) in [4.78, 5) is 0.948. The van der Waals surface area contributed by atoms with E-state index in [2.05, 4.69) is 0 Å². The zero-order valence-corrected chi connectivity index (χ0v) is 14.3. The zero-order chi connectivity index (χ0) is 12.7. The SMILES string of the molecule is C1CCCC2C(CC1)PC21PC2CCCCCCC21. The molecule has 2 saturated heterocycles. The van der Waals surface area contributed by atoms with Gasteiger partial charge in [0.1, 0.15) is 0 Å². The summed E-state index contributed by atoms with van der Waals surface area (Å²) in [5.74, 6) is 2.40. The van der Waals surface area contributed by atoms with Crippen LogP contribution in [0.1, 0.15) is 77.0 Å². The van der Waals surface area contributed by atoms with Gasteiger partial charge in [-0.25, -0.2) is 0 Å². The van der Waals surface area contributed by atoms with E-state index >= 15 is 0 Å². The summed E-state index contributed by atoms with van der Waals surface area (Å²) >= 11 is 0. The molecule has 2 aliphatic carbocycles. The molecule has 4 aliphatic rings. The van der Waals surface area contributed by atoms with Crippen LogP contribution in [-0.2, 0) is 0 Å². The molecule has 0 aromatic rings. The molecule has 0 N–H and O–H groups in total. The fourth-order valence-electron chi connectivity index (χ4n) is 5.57. The van der Waals surface area contributed by atoms with Gasteiger partial charge in [-0.1, -0.05) is 51.4 Å². The number of hydrogen-bond acceptors (Lipinski definition) is 0. The van der Waals surface area contributed by atoms with E-state index < -0.39 is 0 Å². The van der Waals surface area contributed by atoms with Crippen LogP contribution in [0, 0.1) is 11.8 Å². The van der Waals surface area contributed by atoms with Crippen molar-refractivity contribution in [2.24, 2.45) is 11.8 Å². The standard InChI is InChI=1S/C17H30P2/c1-3-7-11-15-13(9-5-1)17(18-15)14-10-6-2-4-8-12-16(14)19-17/h13-16,18-19H,1-12H2. The van der Waals surface area contributed by atoms with Crippen molar-refractivity contribution in [2.45, 2.75) is 93.3 Å². The Labute approximate surface area is 122 Å². The first-order valence-corrected chi connectivity index (χ1v) is 11.1. The molecule has 2 heteroatoms. The molecule has 6 unspecified atom stereocenters. The highest BCUT2D eigenvalue weighted by atomic mass is 31.1. The molecule has 2 heterocycles. The highest BCUT2D eigenvalue weighted by molar-refractivity contribution is 7.63. The smallest absolute Gasteiger partial charge is 0.0123 e. The first kappa shape index (κ1) is 13.5. The first-order valence-electron chi connectivity index (χ1n) is 8.95. The third kappa shape index (κ3) is 2.25. The Balaban J connectivity index is 1.46. The van der Waals surface area contributed by atoms with Crippen LogP contribution in [0.2, 0.25) is 0 Å². The quantitative estimate of drug-likeness (QED) is 0.500. The Morgan fingerprint density at radius 3 is 1.42 bits per heavy atom. The summed E-state index contributed by atoms with van der Waals surface area (Å²) < 4.78 is 0. The fourth-order valence-corrected chi connectivity index (χ4v) is 12.2. The van der Waals surface area contributed by atoms with Gasteiger partial charge in [0.25, 0.3) is 0 Å². The van der Waals surface area contributed by atoms with Crippen LogP contribution >= 0.6 is 17.2 Å². The van der Waals surface area contributed by atoms with E-state index in [0.29, 0.717) is 0 Å². The first-order chi connectivity index (χ1) is 9.40. The second-order valence-corrected chi connectivity index (χ2v) is 11.8. The summed E-state index contributed by atoms with van der Waals surface area (Å²) in [5, 5.41) is 0. The van der Waals surface area contributed by atoms with Crippen LogP contribution in [0.15, 0.2) is 0 Å². The van der Waals surface area contributed by atoms with Gasteiger partial charge in [-0.15, -0.1) is 17.2 Å². The van der Waals surface area contributed by atoms with Crippen molar-refractivity contribution in [3.63, 3.8) is 0 Å². The van der Waals surface area contributed by atoms with E-state index in [0.717, 1.165) is 4.90 Å². The zero-order valence-electron chi connectivity index (χ0n) is 12.3. The van der Waals surface area contributed by atoms with E-state index in [1.54, 1.807) is 64.2 Å². The van der Waals surface area contributed by atoms with Gasteiger partial charge in [0, 0.05) is 4.90 Å². The van der Waals surface area contributed by atoms with Crippen LogP contribution < -0.4 is 0 Å². The van der Waals surface area contributed by atoms with Gasteiger partial charge < -0.3 is 0 Å². The lowest BCUT2D eigenvalue weighted by atomic mass is 9.76. The summed E-state index contributed by atoms with van der Waals surface area (Å²) in [6.07, 6.45) is 18.8. The minimum absolute atomic E-state index is 0.948. The molecule has 1 spiro atoms. The molecule has 4 rings (SSSR count). The lowest BCUT2D eigenvalue weighted by Gasteiger charge is -2.69. The lowest BCUT2D eigenvalue weighted by molar-refractivity contribution is 0.203. The minimum atomic E-state index is 0.948. The molecular formula is C17H30P2. The van der Waals surface area contributed by atoms with Crippen molar-refractivity contribution in [3.05, 3.63) is 0 Å². The third-order valence-corrected chi connectivity index (χ3v) is 12.0. The largest absolute Gasteiger partial charge is 0.107 e. The summed E-state index contributed by atoms with van der Waals surface area (Å²) in [7, 11) is 2.78. The Bertz CT molecular complexity index is 295. The van der Waals surface area contributed by atoms with E-state index in [4.69, 9.17) is 0 Å². The fraction of sp³-hybridized carbons (Fsp3) is 1.00. The van der Waals surface area contributed by atoms with Gasteiger partial charge >= 0.3 is 0 Å². The van der Waals surface area contributed by atoms with Gasteiger partial charge in [0.05, 0.1) is 0 Å². The average Bonchev–Trinajstić information content (AvgIpc) is 2.34. The molecule has 6 atom stereocenters. The van der Waals surface area contributed by atoms with Crippen LogP contribution in [0.3, 0.4) is 0 Å². The molecule has 0 nitrogen and oxygen atoms in total. The second-order valence-electron chi connectivity index (χ2n) is 7.57. The van der Waals surface area contributed by atoms with Gasteiger partial charge in [-0.05, 0) is 48.8 Å². The van der Waals surface area contributed by atoms with Crippen molar-refractivity contribution in [2.75, 3.05) is 0 Å². The van der Waals surface area contributed by atoms with Crippen LogP contribution in [-0.4, -0.2) is 16.2 Å². The molecule has 0 bridgehead atoms. The predicted molar refractivity (Wildman–Crippen MR) is 89.3 cm³/mol. The van der Waals surface area contributed by atoms with Crippen molar-refractivity contribution in [1.82, 2.24) is 0 Å². The van der Waals surface area contributed by atoms with E-state index in [1.807, 2.05) is 0 Å². The minimum Gasteiger partial charge on any atom is -0.107 e. The number of hydrogen-bond donors (Lipinski definition) is 0. The maximum atomic E-state index is 1.62. The van der Waals surface area contributed by atoms with Crippen LogP contribution in [0.25, 0.3) is 0 Å². The molecule has 0 radical (unpaired) electrons. The van der Waals surface area contributed by atoms with Gasteiger partial charge in [0.2, 0.25) is 0 Å². The van der Waals surface area contributed by atoms with Crippen molar-refractivity contribution in [1.29, 1.82) is 0 Å². The van der Waals surface area contributed by atoms with Crippen LogP contribution in [0.4, 0.5) is 0 Å². The lowest BCUT2D eigenvalue weighted by Crippen LogP contribution is -2.61. The maximum absolute atomic E-state index is 1.62. The number of rotatable bonds is 0. The highest BCUT2D eigenvalue weighted by Gasteiger charge is 2.64. The number of fused-ring (bicyclic) bond motifs is 4. The molecule has 2 saturated carbocycles. The summed E-state index contributed by atoms with van der Waals surface area (Å²) in [6, 6.07) is 0. The molecule has 0 aromatic carbocycles. The molecular weight excluding hydrogens is 266 g/mol. The third-order valence-electron chi connectivity index (χ3n) is 6.55.